The van der Waals surface area contributed by atoms with Crippen molar-refractivity contribution in [1.29, 1.82) is 0 Å². The Labute approximate surface area is 313 Å². The fourth-order valence-electron chi connectivity index (χ4n) is 5.59. The molecule has 0 bridgehead atoms. The molecular weight excluding hydrogens is 782 g/mol. The lowest BCUT2D eigenvalue weighted by atomic mass is 9.85. The van der Waals surface area contributed by atoms with Gasteiger partial charge in [-0.3, -0.25) is 18.7 Å². The number of allylic oxidation sites excluding steroid dienone is 3. The van der Waals surface area contributed by atoms with Gasteiger partial charge in [0.1, 0.15) is 5.57 Å². The Bertz CT molecular complexity index is 2400. The Morgan fingerprint density at radius 1 is 0.667 bits per heavy atom. The van der Waals surface area contributed by atoms with Crippen LogP contribution in [-0.2, 0) is 33.1 Å². The minimum absolute atomic E-state index is 0.0207. The molecule has 5 rings (SSSR count). The Morgan fingerprint density at radius 2 is 1.14 bits per heavy atom. The van der Waals surface area contributed by atoms with Gasteiger partial charge in [-0.15, -0.1) is 0 Å². The number of rotatable bonds is 10. The summed E-state index contributed by atoms with van der Waals surface area (Å²) in [4.78, 5) is 25.2. The number of carbonyl (C=O) groups is 2. The van der Waals surface area contributed by atoms with E-state index in [9.17, 15) is 35.5 Å². The summed E-state index contributed by atoms with van der Waals surface area (Å²) in [6.07, 6.45) is 5.60. The summed E-state index contributed by atoms with van der Waals surface area (Å²) in [6.45, 7) is 0. The third-order valence-corrected chi connectivity index (χ3v) is 11.1. The highest BCUT2D eigenvalue weighted by molar-refractivity contribution is 7.89. The van der Waals surface area contributed by atoms with Crippen molar-refractivity contribution in [3.63, 3.8) is 0 Å². The Balaban J connectivity index is 1.71. The normalized spacial score (nSPS) is 14.1. The number of benzene rings is 4. The SMILES string of the molecule is NC(=O)c1cc(C(=C2C=CC=C[C+]2S(=O)(=O)O)c2ccc(Cc3c(Cl)cc(S(=O)(=O)O)cc3Cl)c(C(N)=O)c2)ccc1Cc1c(Cl)cccc1Cl. The molecule has 0 aliphatic heterocycles. The lowest BCUT2D eigenvalue weighted by Crippen LogP contribution is -2.17. The first kappa shape index (κ1) is 38.1. The topological polar surface area (TPSA) is 195 Å². The van der Waals surface area contributed by atoms with E-state index in [-0.39, 0.29) is 61.9 Å². The van der Waals surface area contributed by atoms with Crippen LogP contribution in [0.5, 0.6) is 0 Å². The third kappa shape index (κ3) is 8.35. The molecule has 0 saturated heterocycles. The largest absolute Gasteiger partial charge is 0.366 e. The van der Waals surface area contributed by atoms with Crippen LogP contribution in [0, 0.1) is 5.25 Å². The van der Waals surface area contributed by atoms with Crippen molar-refractivity contribution in [2.75, 3.05) is 0 Å². The Kier molecular flexibility index (Phi) is 11.1. The molecule has 6 N–H and O–H groups in total. The predicted molar refractivity (Wildman–Crippen MR) is 197 cm³/mol. The van der Waals surface area contributed by atoms with Gasteiger partial charge in [0.25, 0.3) is 10.1 Å². The maximum Gasteiger partial charge on any atom is 0.331 e. The van der Waals surface area contributed by atoms with E-state index in [4.69, 9.17) is 57.9 Å². The maximum atomic E-state index is 12.9. The van der Waals surface area contributed by atoms with E-state index in [0.29, 0.717) is 26.7 Å². The molecule has 10 nitrogen and oxygen atoms in total. The molecule has 1 aliphatic rings. The van der Waals surface area contributed by atoms with E-state index in [1.54, 1.807) is 36.4 Å². The summed E-state index contributed by atoms with van der Waals surface area (Å²) >= 11 is 25.4. The Morgan fingerprint density at radius 3 is 1.57 bits per heavy atom. The molecule has 0 spiro atoms. The van der Waals surface area contributed by atoms with Gasteiger partial charge in [0.05, 0.1) is 10.5 Å². The van der Waals surface area contributed by atoms with Crippen molar-refractivity contribution in [1.82, 2.24) is 0 Å². The van der Waals surface area contributed by atoms with Crippen molar-refractivity contribution >= 4 is 84.0 Å². The van der Waals surface area contributed by atoms with Gasteiger partial charge in [0, 0.05) is 79.5 Å². The minimum atomic E-state index is -4.80. The van der Waals surface area contributed by atoms with E-state index in [1.807, 2.05) is 0 Å². The molecule has 0 fully saturated rings. The molecule has 2 amide bonds. The lowest BCUT2D eigenvalue weighted by Gasteiger charge is -2.17. The Hall–Kier alpha value is -4.11. The molecule has 0 unspecified atom stereocenters. The van der Waals surface area contributed by atoms with Crippen LogP contribution in [0.25, 0.3) is 5.57 Å². The van der Waals surface area contributed by atoms with E-state index in [2.05, 4.69) is 0 Å². The van der Waals surface area contributed by atoms with Gasteiger partial charge in [-0.1, -0.05) is 64.6 Å². The predicted octanol–water partition coefficient (Wildman–Crippen LogP) is 7.27. The van der Waals surface area contributed by atoms with Gasteiger partial charge in [-0.2, -0.15) is 16.8 Å². The van der Waals surface area contributed by atoms with Crippen LogP contribution in [-0.4, -0.2) is 37.8 Å². The molecule has 4 aromatic carbocycles. The smallest absolute Gasteiger partial charge is 0.331 e. The fraction of sp³-hybridized carbons (Fsp3) is 0.0571. The summed E-state index contributed by atoms with van der Waals surface area (Å²) in [5.41, 5.74) is 13.9. The number of hydrogen-bond donors (Lipinski definition) is 4. The molecule has 0 heterocycles. The van der Waals surface area contributed by atoms with Crippen molar-refractivity contribution in [2.45, 2.75) is 17.7 Å². The zero-order valence-electron chi connectivity index (χ0n) is 25.9. The molecule has 0 aromatic heterocycles. The minimum Gasteiger partial charge on any atom is -0.366 e. The van der Waals surface area contributed by atoms with Gasteiger partial charge in [0.15, 0.2) is 5.25 Å². The van der Waals surface area contributed by atoms with E-state index in [1.165, 1.54) is 42.5 Å². The second kappa shape index (κ2) is 14.9. The van der Waals surface area contributed by atoms with Gasteiger partial charge >= 0.3 is 10.1 Å². The average Bonchev–Trinajstić information content (AvgIpc) is 3.04. The number of halogens is 4. The van der Waals surface area contributed by atoms with Crippen LogP contribution in [0.15, 0.2) is 102 Å². The number of primary amides is 2. The molecule has 1 aliphatic carbocycles. The number of amides is 2. The zero-order valence-corrected chi connectivity index (χ0v) is 30.6. The van der Waals surface area contributed by atoms with Gasteiger partial charge in [0.2, 0.25) is 11.8 Å². The quantitative estimate of drug-likeness (QED) is 0.0948. The van der Waals surface area contributed by atoms with Crippen molar-refractivity contribution < 1.29 is 35.5 Å². The molecule has 0 radical (unpaired) electrons. The lowest BCUT2D eigenvalue weighted by molar-refractivity contribution is 0.0991. The molecule has 4 aromatic rings. The second-order valence-electron chi connectivity index (χ2n) is 11.2. The standard InChI is InChI=1S/C35H24Cl4N2O8S2/c36-28-5-3-6-29(37)26(28)12-18-8-10-20(14-24(18)34(40)42)33(23-4-1-2-7-32(23)51(47,48)49)21-11-9-19(25(15-21)35(41)43)13-27-30(38)16-22(17-31(27)39)50(44,45)46/h1-11,14-17H,12-13H2,(H5-,40,41,42,43,44,45,46,47,48,49)/p+1. The van der Waals surface area contributed by atoms with Gasteiger partial charge < -0.3 is 11.5 Å². The fourth-order valence-corrected chi connectivity index (χ4v) is 8.10. The summed E-state index contributed by atoms with van der Waals surface area (Å²) in [5.74, 6) is -1.69. The molecule has 51 heavy (non-hydrogen) atoms. The highest BCUT2D eigenvalue weighted by Gasteiger charge is 2.36. The van der Waals surface area contributed by atoms with Crippen LogP contribution in [0.2, 0.25) is 20.1 Å². The van der Waals surface area contributed by atoms with E-state index >= 15 is 0 Å². The first-order valence-electron chi connectivity index (χ1n) is 14.5. The highest BCUT2D eigenvalue weighted by Crippen LogP contribution is 2.39. The van der Waals surface area contributed by atoms with E-state index < -0.39 is 42.2 Å². The van der Waals surface area contributed by atoms with Crippen molar-refractivity contribution in [2.24, 2.45) is 11.5 Å². The van der Waals surface area contributed by atoms with Crippen LogP contribution >= 0.6 is 46.4 Å². The van der Waals surface area contributed by atoms with Crippen molar-refractivity contribution in [3.05, 3.63) is 166 Å². The van der Waals surface area contributed by atoms with Crippen LogP contribution in [0.1, 0.15) is 54.1 Å². The molecule has 0 saturated carbocycles. The van der Waals surface area contributed by atoms with E-state index in [0.717, 1.165) is 12.1 Å². The first-order chi connectivity index (χ1) is 23.9. The molecular formula is C35H25Cl4N2O8S2+. The molecule has 262 valence electrons. The highest BCUT2D eigenvalue weighted by atomic mass is 35.5. The summed E-state index contributed by atoms with van der Waals surface area (Å²) in [5, 5.41) is 0.0524. The third-order valence-electron chi connectivity index (χ3n) is 7.97. The monoisotopic (exact) mass is 805 g/mol. The van der Waals surface area contributed by atoms with Gasteiger partial charge in [-0.05, 0) is 70.8 Å². The zero-order chi connectivity index (χ0) is 37.4. The van der Waals surface area contributed by atoms with Crippen molar-refractivity contribution in [3.8, 4) is 0 Å². The average molecular weight is 808 g/mol. The molecule has 16 heteroatoms. The summed E-state index contributed by atoms with van der Waals surface area (Å²) in [6, 6.07) is 16.1. The van der Waals surface area contributed by atoms with Crippen LogP contribution in [0.4, 0.5) is 0 Å². The number of nitrogens with two attached hydrogens (primary N) is 2. The van der Waals surface area contributed by atoms with Gasteiger partial charge in [-0.25, -0.2) is 0 Å². The molecule has 0 atom stereocenters. The first-order valence-corrected chi connectivity index (χ1v) is 18.9. The number of hydrogen-bond acceptors (Lipinski definition) is 6. The second-order valence-corrected chi connectivity index (χ2v) is 15.7. The maximum absolute atomic E-state index is 12.9. The number of carbonyl (C=O) groups excluding carboxylic acids is 2. The summed E-state index contributed by atoms with van der Waals surface area (Å²) < 4.78 is 68.1. The van der Waals surface area contributed by atoms with Crippen LogP contribution < -0.4 is 11.5 Å². The van der Waals surface area contributed by atoms with Crippen LogP contribution in [0.3, 0.4) is 0 Å². The summed E-state index contributed by atoms with van der Waals surface area (Å²) in [7, 11) is -9.42.